The number of hydrogen-bond donors (Lipinski definition) is 1. The number of ether oxygens (including phenoxy) is 1. The van der Waals surface area contributed by atoms with Gasteiger partial charge in [-0.1, -0.05) is 6.92 Å². The van der Waals surface area contributed by atoms with Crippen LogP contribution in [-0.2, 0) is 4.74 Å². The maximum absolute atomic E-state index is 12.1. The van der Waals surface area contributed by atoms with Gasteiger partial charge >= 0.3 is 6.18 Å². The Balaban J connectivity index is 3.48. The van der Waals surface area contributed by atoms with Crippen LogP contribution in [0.5, 0.6) is 0 Å². The van der Waals surface area contributed by atoms with Crippen molar-refractivity contribution in [1.82, 2.24) is 10.2 Å². The van der Waals surface area contributed by atoms with Crippen LogP contribution in [0.2, 0.25) is 0 Å². The number of methoxy groups -OCH3 is 1. The molecule has 16 heavy (non-hydrogen) atoms. The maximum Gasteiger partial charge on any atom is 0.401 e. The van der Waals surface area contributed by atoms with Crippen molar-refractivity contribution >= 4 is 0 Å². The molecule has 0 aromatic carbocycles. The molecule has 0 spiro atoms. The molecule has 0 unspecified atom stereocenters. The second-order valence-corrected chi connectivity index (χ2v) is 3.58. The van der Waals surface area contributed by atoms with E-state index in [9.17, 15) is 13.2 Å². The van der Waals surface area contributed by atoms with E-state index in [0.29, 0.717) is 26.1 Å². The van der Waals surface area contributed by atoms with E-state index in [4.69, 9.17) is 4.74 Å². The lowest BCUT2D eigenvalue weighted by atomic mass is 10.3. The van der Waals surface area contributed by atoms with Crippen molar-refractivity contribution in [3.05, 3.63) is 0 Å². The van der Waals surface area contributed by atoms with E-state index in [1.54, 1.807) is 14.0 Å². The fraction of sp³-hybridized carbons (Fsp3) is 1.00. The monoisotopic (exact) mass is 242 g/mol. The highest BCUT2D eigenvalue weighted by molar-refractivity contribution is 4.62. The third kappa shape index (κ3) is 10.2. The molecule has 6 heteroatoms. The first-order chi connectivity index (χ1) is 7.49. The summed E-state index contributed by atoms with van der Waals surface area (Å²) in [7, 11) is 1.61. The second kappa shape index (κ2) is 8.78. The van der Waals surface area contributed by atoms with Crippen molar-refractivity contribution in [3.8, 4) is 0 Å². The van der Waals surface area contributed by atoms with Gasteiger partial charge in [0, 0.05) is 13.7 Å². The van der Waals surface area contributed by atoms with E-state index >= 15 is 0 Å². The quantitative estimate of drug-likeness (QED) is 0.620. The molecule has 0 aliphatic carbocycles. The van der Waals surface area contributed by atoms with Gasteiger partial charge in [0.15, 0.2) is 0 Å². The van der Waals surface area contributed by atoms with Gasteiger partial charge in [-0.2, -0.15) is 13.2 Å². The van der Waals surface area contributed by atoms with Crippen molar-refractivity contribution < 1.29 is 17.9 Å². The zero-order valence-corrected chi connectivity index (χ0v) is 9.94. The Kier molecular flexibility index (Phi) is 8.60. The standard InChI is InChI=1S/C10H21F3N2O/c1-3-15(9-10(11,12)13)7-4-5-14-6-8-16-2/h14H,3-9H2,1-2H3. The van der Waals surface area contributed by atoms with E-state index in [-0.39, 0.29) is 0 Å². The maximum atomic E-state index is 12.1. The molecular formula is C10H21F3N2O. The molecular weight excluding hydrogens is 221 g/mol. The molecule has 0 bridgehead atoms. The molecule has 1 N–H and O–H groups in total. The average Bonchev–Trinajstić information content (AvgIpc) is 2.19. The van der Waals surface area contributed by atoms with Gasteiger partial charge in [-0.05, 0) is 26.1 Å². The van der Waals surface area contributed by atoms with E-state index < -0.39 is 12.7 Å². The highest BCUT2D eigenvalue weighted by atomic mass is 19.4. The summed E-state index contributed by atoms with van der Waals surface area (Å²) in [5.41, 5.74) is 0. The lowest BCUT2D eigenvalue weighted by Crippen LogP contribution is -2.36. The van der Waals surface area contributed by atoms with Crippen LogP contribution in [0, 0.1) is 0 Å². The minimum Gasteiger partial charge on any atom is -0.383 e. The molecule has 0 aromatic heterocycles. The largest absolute Gasteiger partial charge is 0.401 e. The highest BCUT2D eigenvalue weighted by Crippen LogP contribution is 2.16. The summed E-state index contributed by atoms with van der Waals surface area (Å²) in [6.07, 6.45) is -3.38. The lowest BCUT2D eigenvalue weighted by molar-refractivity contribution is -0.145. The zero-order valence-electron chi connectivity index (χ0n) is 9.94. The van der Waals surface area contributed by atoms with Crippen LogP contribution in [0.4, 0.5) is 13.2 Å². The van der Waals surface area contributed by atoms with Crippen LogP contribution >= 0.6 is 0 Å². The average molecular weight is 242 g/mol. The minimum absolute atomic E-state index is 0.428. The Morgan fingerprint density at radius 3 is 2.44 bits per heavy atom. The third-order valence-electron chi connectivity index (χ3n) is 2.16. The van der Waals surface area contributed by atoms with Gasteiger partial charge in [0.2, 0.25) is 0 Å². The molecule has 3 nitrogen and oxygen atoms in total. The molecule has 0 aromatic rings. The number of alkyl halides is 3. The SMILES string of the molecule is CCN(CCCNCCOC)CC(F)(F)F. The second-order valence-electron chi connectivity index (χ2n) is 3.58. The molecule has 0 radical (unpaired) electrons. The van der Waals surface area contributed by atoms with Gasteiger partial charge in [0.25, 0.3) is 0 Å². The van der Waals surface area contributed by atoms with Crippen molar-refractivity contribution in [1.29, 1.82) is 0 Å². The Morgan fingerprint density at radius 2 is 1.94 bits per heavy atom. The summed E-state index contributed by atoms with van der Waals surface area (Å²) in [5.74, 6) is 0. The Labute approximate surface area is 94.9 Å². The fourth-order valence-electron chi connectivity index (χ4n) is 1.33. The molecule has 0 fully saturated rings. The van der Waals surface area contributed by atoms with E-state index in [1.165, 1.54) is 4.90 Å². The third-order valence-corrected chi connectivity index (χ3v) is 2.16. The zero-order chi connectivity index (χ0) is 12.4. The van der Waals surface area contributed by atoms with Gasteiger partial charge in [-0.25, -0.2) is 0 Å². The molecule has 0 saturated heterocycles. The van der Waals surface area contributed by atoms with Crippen LogP contribution in [0.1, 0.15) is 13.3 Å². The summed E-state index contributed by atoms with van der Waals surface area (Å²) in [5, 5.41) is 3.10. The van der Waals surface area contributed by atoms with Crippen LogP contribution in [0.3, 0.4) is 0 Å². The van der Waals surface area contributed by atoms with Gasteiger partial charge < -0.3 is 10.1 Å². The van der Waals surface area contributed by atoms with E-state index in [2.05, 4.69) is 5.32 Å². The first-order valence-electron chi connectivity index (χ1n) is 5.48. The van der Waals surface area contributed by atoms with Crippen molar-refractivity contribution in [2.75, 3.05) is 46.4 Å². The van der Waals surface area contributed by atoms with Crippen molar-refractivity contribution in [3.63, 3.8) is 0 Å². The first kappa shape index (κ1) is 15.7. The minimum atomic E-state index is -4.10. The van der Waals surface area contributed by atoms with E-state index in [1.807, 2.05) is 0 Å². The smallest absolute Gasteiger partial charge is 0.383 e. The molecule has 0 amide bonds. The topological polar surface area (TPSA) is 24.5 Å². The summed E-state index contributed by atoms with van der Waals surface area (Å²) in [4.78, 5) is 1.40. The predicted octanol–water partition coefficient (Wildman–Crippen LogP) is 1.50. The van der Waals surface area contributed by atoms with E-state index in [0.717, 1.165) is 13.1 Å². The van der Waals surface area contributed by atoms with Crippen LogP contribution in [0.15, 0.2) is 0 Å². The molecule has 98 valence electrons. The lowest BCUT2D eigenvalue weighted by Gasteiger charge is -2.21. The molecule has 0 rings (SSSR count). The summed E-state index contributed by atoms with van der Waals surface area (Å²) in [6.45, 7) is 3.90. The number of nitrogens with one attached hydrogen (secondary N) is 1. The summed E-state index contributed by atoms with van der Waals surface area (Å²) in [6, 6.07) is 0. The van der Waals surface area contributed by atoms with Crippen LogP contribution in [0.25, 0.3) is 0 Å². The normalized spacial score (nSPS) is 12.4. The molecule has 0 atom stereocenters. The van der Waals surface area contributed by atoms with Crippen LogP contribution < -0.4 is 5.32 Å². The Bertz CT molecular complexity index is 165. The Morgan fingerprint density at radius 1 is 1.25 bits per heavy atom. The number of halogens is 3. The van der Waals surface area contributed by atoms with Gasteiger partial charge in [-0.3, -0.25) is 4.90 Å². The number of nitrogens with zero attached hydrogens (tertiary/aromatic N) is 1. The number of rotatable bonds is 9. The van der Waals surface area contributed by atoms with Gasteiger partial charge in [0.1, 0.15) is 0 Å². The van der Waals surface area contributed by atoms with Gasteiger partial charge in [0.05, 0.1) is 13.2 Å². The fourth-order valence-corrected chi connectivity index (χ4v) is 1.33. The molecule has 0 aliphatic heterocycles. The molecule has 0 heterocycles. The Hall–Kier alpha value is -0.330. The van der Waals surface area contributed by atoms with Crippen LogP contribution in [-0.4, -0.2) is 57.5 Å². The summed E-state index contributed by atoms with van der Waals surface area (Å²) >= 11 is 0. The number of hydrogen-bond acceptors (Lipinski definition) is 3. The van der Waals surface area contributed by atoms with Gasteiger partial charge in [-0.15, -0.1) is 0 Å². The van der Waals surface area contributed by atoms with Crippen molar-refractivity contribution in [2.24, 2.45) is 0 Å². The summed E-state index contributed by atoms with van der Waals surface area (Å²) < 4.78 is 41.1. The molecule has 0 aliphatic rings. The predicted molar refractivity (Wildman–Crippen MR) is 57.5 cm³/mol. The first-order valence-corrected chi connectivity index (χ1v) is 5.48. The molecule has 0 saturated carbocycles. The van der Waals surface area contributed by atoms with Crippen molar-refractivity contribution in [2.45, 2.75) is 19.5 Å². The highest BCUT2D eigenvalue weighted by Gasteiger charge is 2.29.